The van der Waals surface area contributed by atoms with Crippen LogP contribution >= 0.6 is 0 Å². The molecule has 0 spiro atoms. The molecular weight excluding hydrogens is 350 g/mol. The van der Waals surface area contributed by atoms with Crippen LogP contribution < -0.4 is 9.64 Å². The average Bonchev–Trinajstić information content (AvgIpc) is 3.35. The number of aromatic nitrogens is 3. The quantitative estimate of drug-likeness (QED) is 0.534. The van der Waals surface area contributed by atoms with E-state index in [0.29, 0.717) is 0 Å². The molecule has 5 rings (SSSR count). The molecule has 2 aromatic carbocycles. The van der Waals surface area contributed by atoms with E-state index in [1.165, 1.54) is 0 Å². The maximum absolute atomic E-state index is 6.15. The molecule has 0 aliphatic carbocycles. The van der Waals surface area contributed by atoms with Gasteiger partial charge in [-0.1, -0.05) is 12.1 Å². The lowest BCUT2D eigenvalue weighted by Crippen LogP contribution is -2.21. The van der Waals surface area contributed by atoms with E-state index in [-0.39, 0.29) is 0 Å². The van der Waals surface area contributed by atoms with Crippen LogP contribution in [-0.4, -0.2) is 33.4 Å². The van der Waals surface area contributed by atoms with Gasteiger partial charge in [-0.2, -0.15) is 5.10 Å². The van der Waals surface area contributed by atoms with Crippen molar-refractivity contribution in [1.82, 2.24) is 19.7 Å². The van der Waals surface area contributed by atoms with Crippen molar-refractivity contribution in [2.75, 3.05) is 18.6 Å². The van der Waals surface area contributed by atoms with Crippen LogP contribution in [0.15, 0.2) is 85.5 Å². The minimum Gasteiger partial charge on any atom is -0.457 e. The Kier molecular flexibility index (Phi) is 3.94. The number of benzene rings is 2. The standard InChI is InChI=1S/C22H19N5O/c1-25-11-12-26(16-25)18-5-4-6-19(13-18)28-20-9-8-17-15-24-27(21(17)14-20)22-7-2-3-10-23-22/h2-15H,16H2,1H3. The summed E-state index contributed by atoms with van der Waals surface area (Å²) in [6, 6.07) is 19.8. The fourth-order valence-corrected chi connectivity index (χ4v) is 3.28. The Morgan fingerprint density at radius 3 is 2.68 bits per heavy atom. The summed E-state index contributed by atoms with van der Waals surface area (Å²) in [6.45, 7) is 0.832. The van der Waals surface area contributed by atoms with E-state index in [2.05, 4.69) is 45.4 Å². The Balaban J connectivity index is 1.45. The van der Waals surface area contributed by atoms with Gasteiger partial charge in [0.2, 0.25) is 0 Å². The molecule has 0 N–H and O–H groups in total. The van der Waals surface area contributed by atoms with Gasteiger partial charge in [0.1, 0.15) is 11.5 Å². The fraction of sp³-hybridized carbons (Fsp3) is 0.0909. The SMILES string of the molecule is CN1C=CN(c2cccc(Oc3ccc4cnn(-c5ccccn5)c4c3)c2)C1. The van der Waals surface area contributed by atoms with Crippen LogP contribution in [0.2, 0.25) is 0 Å². The molecule has 0 bridgehead atoms. The predicted octanol–water partition coefficient (Wildman–Crippen LogP) is 4.39. The number of hydrogen-bond donors (Lipinski definition) is 0. The van der Waals surface area contributed by atoms with Crippen molar-refractivity contribution < 1.29 is 4.74 Å². The fourth-order valence-electron chi connectivity index (χ4n) is 3.28. The summed E-state index contributed by atoms with van der Waals surface area (Å²) < 4.78 is 7.97. The molecule has 0 atom stereocenters. The monoisotopic (exact) mass is 369 g/mol. The third-order valence-corrected chi connectivity index (χ3v) is 4.67. The van der Waals surface area contributed by atoms with Crippen molar-refractivity contribution in [2.45, 2.75) is 0 Å². The Labute approximate surface area is 162 Å². The smallest absolute Gasteiger partial charge is 0.153 e. The molecule has 4 aromatic rings. The lowest BCUT2D eigenvalue weighted by Gasteiger charge is -2.19. The first kappa shape index (κ1) is 16.4. The van der Waals surface area contributed by atoms with Crippen molar-refractivity contribution in [2.24, 2.45) is 0 Å². The van der Waals surface area contributed by atoms with Gasteiger partial charge in [0, 0.05) is 48.9 Å². The highest BCUT2D eigenvalue weighted by molar-refractivity contribution is 5.81. The van der Waals surface area contributed by atoms with Crippen molar-refractivity contribution in [3.8, 4) is 17.3 Å². The van der Waals surface area contributed by atoms with Crippen LogP contribution in [0.1, 0.15) is 0 Å². The molecule has 138 valence electrons. The van der Waals surface area contributed by atoms with Crippen LogP contribution in [0.5, 0.6) is 11.5 Å². The first-order chi connectivity index (χ1) is 13.8. The Bertz CT molecular complexity index is 1150. The van der Waals surface area contributed by atoms with Crippen molar-refractivity contribution in [3.05, 3.63) is 85.5 Å². The second kappa shape index (κ2) is 6.74. The number of hydrogen-bond acceptors (Lipinski definition) is 5. The zero-order valence-electron chi connectivity index (χ0n) is 15.4. The Hall–Kier alpha value is -3.80. The maximum Gasteiger partial charge on any atom is 0.153 e. The second-order valence-corrected chi connectivity index (χ2v) is 6.73. The molecule has 0 saturated heterocycles. The van der Waals surface area contributed by atoms with Gasteiger partial charge in [-0.3, -0.25) is 0 Å². The normalized spacial score (nSPS) is 13.5. The van der Waals surface area contributed by atoms with Crippen LogP contribution in [0.4, 0.5) is 5.69 Å². The molecule has 0 fully saturated rings. The Morgan fingerprint density at radius 1 is 0.929 bits per heavy atom. The number of nitrogens with zero attached hydrogens (tertiary/aromatic N) is 5. The third kappa shape index (κ3) is 3.05. The van der Waals surface area contributed by atoms with E-state index < -0.39 is 0 Å². The van der Waals surface area contributed by atoms with Crippen LogP contribution in [0.25, 0.3) is 16.7 Å². The van der Waals surface area contributed by atoms with E-state index >= 15 is 0 Å². The minimum absolute atomic E-state index is 0.761. The summed E-state index contributed by atoms with van der Waals surface area (Å²) in [5, 5.41) is 5.51. The van der Waals surface area contributed by atoms with Crippen LogP contribution in [-0.2, 0) is 0 Å². The summed E-state index contributed by atoms with van der Waals surface area (Å²) >= 11 is 0. The molecule has 1 aliphatic heterocycles. The van der Waals surface area contributed by atoms with Gasteiger partial charge in [0.05, 0.1) is 18.4 Å². The minimum atomic E-state index is 0.761. The highest BCUT2D eigenvalue weighted by atomic mass is 16.5. The molecule has 0 unspecified atom stereocenters. The number of fused-ring (bicyclic) bond motifs is 1. The summed E-state index contributed by atoms with van der Waals surface area (Å²) in [7, 11) is 2.05. The average molecular weight is 369 g/mol. The molecule has 0 radical (unpaired) electrons. The molecule has 2 aromatic heterocycles. The van der Waals surface area contributed by atoms with Crippen molar-refractivity contribution in [1.29, 1.82) is 0 Å². The Morgan fingerprint density at radius 2 is 1.86 bits per heavy atom. The molecule has 6 nitrogen and oxygen atoms in total. The number of pyridine rings is 1. The van der Waals surface area contributed by atoms with Gasteiger partial charge in [-0.25, -0.2) is 9.67 Å². The van der Waals surface area contributed by atoms with Gasteiger partial charge in [0.25, 0.3) is 0 Å². The third-order valence-electron chi connectivity index (χ3n) is 4.67. The van der Waals surface area contributed by atoms with Gasteiger partial charge >= 0.3 is 0 Å². The van der Waals surface area contributed by atoms with Gasteiger partial charge in [0.15, 0.2) is 5.82 Å². The molecule has 1 aliphatic rings. The van der Waals surface area contributed by atoms with Gasteiger partial charge < -0.3 is 14.5 Å². The first-order valence-electron chi connectivity index (χ1n) is 9.09. The maximum atomic E-state index is 6.15. The number of anilines is 1. The highest BCUT2D eigenvalue weighted by Gasteiger charge is 2.12. The second-order valence-electron chi connectivity index (χ2n) is 6.73. The first-order valence-corrected chi connectivity index (χ1v) is 9.09. The van der Waals surface area contributed by atoms with Crippen LogP contribution in [0, 0.1) is 0 Å². The molecule has 0 amide bonds. The topological polar surface area (TPSA) is 46.4 Å². The van der Waals surface area contributed by atoms with E-state index in [4.69, 9.17) is 4.74 Å². The van der Waals surface area contributed by atoms with Crippen molar-refractivity contribution in [3.63, 3.8) is 0 Å². The molecule has 28 heavy (non-hydrogen) atoms. The predicted molar refractivity (Wildman–Crippen MR) is 110 cm³/mol. The summed E-state index contributed by atoms with van der Waals surface area (Å²) in [4.78, 5) is 8.69. The lowest BCUT2D eigenvalue weighted by atomic mass is 10.2. The van der Waals surface area contributed by atoms with Crippen LogP contribution in [0.3, 0.4) is 0 Å². The van der Waals surface area contributed by atoms with Gasteiger partial charge in [-0.05, 0) is 36.4 Å². The molecular formula is C22H19N5O. The van der Waals surface area contributed by atoms with E-state index in [1.54, 1.807) is 6.20 Å². The zero-order valence-corrected chi connectivity index (χ0v) is 15.4. The molecule has 6 heteroatoms. The summed E-state index contributed by atoms with van der Waals surface area (Å²) in [5.41, 5.74) is 2.05. The van der Waals surface area contributed by atoms with E-state index in [1.807, 2.05) is 65.5 Å². The van der Waals surface area contributed by atoms with Crippen molar-refractivity contribution >= 4 is 16.6 Å². The van der Waals surface area contributed by atoms with E-state index in [9.17, 15) is 0 Å². The lowest BCUT2D eigenvalue weighted by molar-refractivity contribution is 0.481. The molecule has 0 saturated carbocycles. The van der Waals surface area contributed by atoms with Gasteiger partial charge in [-0.15, -0.1) is 0 Å². The molecule has 3 heterocycles. The largest absolute Gasteiger partial charge is 0.457 e. The highest BCUT2D eigenvalue weighted by Crippen LogP contribution is 2.29. The van der Waals surface area contributed by atoms with E-state index in [0.717, 1.165) is 40.6 Å². The summed E-state index contributed by atoms with van der Waals surface area (Å²) in [5.74, 6) is 2.33. The summed E-state index contributed by atoms with van der Waals surface area (Å²) in [6.07, 6.45) is 7.72. The zero-order chi connectivity index (χ0) is 18.9. The number of ether oxygens (including phenoxy) is 1. The number of rotatable bonds is 4.